The minimum Gasteiger partial charge on any atom is -0.480 e. The summed E-state index contributed by atoms with van der Waals surface area (Å²) in [5.41, 5.74) is 0. The SMILES string of the molecule is CC(O)C(NS(=O)(=O)N(C)C(C)C)C(=O)O. The molecule has 0 radical (unpaired) electrons. The van der Waals surface area contributed by atoms with Crippen LogP contribution in [0.2, 0.25) is 0 Å². The van der Waals surface area contributed by atoms with Crippen LogP contribution < -0.4 is 4.72 Å². The average Bonchev–Trinajstić information content (AvgIpc) is 2.11. The molecule has 0 aliphatic carbocycles. The molecule has 0 spiro atoms. The topological polar surface area (TPSA) is 107 Å². The van der Waals surface area contributed by atoms with Crippen molar-refractivity contribution in [3.05, 3.63) is 0 Å². The first-order chi connectivity index (χ1) is 7.09. The zero-order chi connectivity index (χ0) is 13.1. The van der Waals surface area contributed by atoms with Gasteiger partial charge in [-0.05, 0) is 20.8 Å². The fourth-order valence-corrected chi connectivity index (χ4v) is 2.22. The van der Waals surface area contributed by atoms with E-state index in [-0.39, 0.29) is 6.04 Å². The van der Waals surface area contributed by atoms with Crippen molar-refractivity contribution in [1.29, 1.82) is 0 Å². The highest BCUT2D eigenvalue weighted by Crippen LogP contribution is 2.04. The molecule has 0 heterocycles. The molecular weight excluding hydrogens is 236 g/mol. The van der Waals surface area contributed by atoms with Gasteiger partial charge in [0.25, 0.3) is 10.2 Å². The lowest BCUT2D eigenvalue weighted by Crippen LogP contribution is -2.52. The van der Waals surface area contributed by atoms with Crippen LogP contribution in [-0.2, 0) is 15.0 Å². The highest BCUT2D eigenvalue weighted by atomic mass is 32.2. The summed E-state index contributed by atoms with van der Waals surface area (Å²) < 4.78 is 26.2. The van der Waals surface area contributed by atoms with E-state index < -0.39 is 28.3 Å². The summed E-state index contributed by atoms with van der Waals surface area (Å²) in [6, 6.07) is -1.85. The molecule has 0 aromatic carbocycles. The molecular formula is C8H18N2O5S. The summed E-state index contributed by atoms with van der Waals surface area (Å²) in [5, 5.41) is 17.9. The van der Waals surface area contributed by atoms with Gasteiger partial charge in [0.1, 0.15) is 6.04 Å². The quantitative estimate of drug-likeness (QED) is 0.563. The molecule has 96 valence electrons. The maximum absolute atomic E-state index is 11.6. The number of aliphatic hydroxyl groups excluding tert-OH is 1. The van der Waals surface area contributed by atoms with E-state index in [0.717, 1.165) is 4.31 Å². The third-order valence-electron chi connectivity index (χ3n) is 2.13. The van der Waals surface area contributed by atoms with Crippen molar-refractivity contribution >= 4 is 16.2 Å². The summed E-state index contributed by atoms with van der Waals surface area (Å²) in [6.45, 7) is 4.51. The first-order valence-electron chi connectivity index (χ1n) is 4.75. The average molecular weight is 254 g/mol. The van der Waals surface area contributed by atoms with Gasteiger partial charge in [-0.15, -0.1) is 0 Å². The molecule has 0 rings (SSSR count). The lowest BCUT2D eigenvalue weighted by Gasteiger charge is -2.24. The maximum Gasteiger partial charge on any atom is 0.324 e. The van der Waals surface area contributed by atoms with Crippen molar-refractivity contribution in [2.24, 2.45) is 0 Å². The fraction of sp³-hybridized carbons (Fsp3) is 0.875. The summed E-state index contributed by atoms with van der Waals surface area (Å²) in [7, 11) is -2.58. The Morgan fingerprint density at radius 1 is 1.31 bits per heavy atom. The number of carboxylic acid groups (broad SMARTS) is 1. The van der Waals surface area contributed by atoms with Gasteiger partial charge in [0.2, 0.25) is 0 Å². The van der Waals surface area contributed by atoms with Crippen molar-refractivity contribution < 1.29 is 23.4 Å². The summed E-state index contributed by atoms with van der Waals surface area (Å²) in [4.78, 5) is 10.7. The normalized spacial score (nSPS) is 16.4. The number of aliphatic carboxylic acids is 1. The van der Waals surface area contributed by atoms with E-state index in [0.29, 0.717) is 0 Å². The van der Waals surface area contributed by atoms with Crippen LogP contribution in [0.5, 0.6) is 0 Å². The Morgan fingerprint density at radius 2 is 1.75 bits per heavy atom. The predicted octanol–water partition coefficient (Wildman–Crippen LogP) is -1.00. The Hall–Kier alpha value is -0.700. The Morgan fingerprint density at radius 3 is 2.00 bits per heavy atom. The molecule has 0 fully saturated rings. The number of nitrogens with one attached hydrogen (secondary N) is 1. The molecule has 2 atom stereocenters. The summed E-state index contributed by atoms with van der Waals surface area (Å²) in [5.74, 6) is -1.42. The van der Waals surface area contributed by atoms with Gasteiger partial charge in [0.15, 0.2) is 0 Å². The second kappa shape index (κ2) is 5.58. The van der Waals surface area contributed by atoms with Crippen LogP contribution in [0.15, 0.2) is 0 Å². The van der Waals surface area contributed by atoms with E-state index >= 15 is 0 Å². The zero-order valence-corrected chi connectivity index (χ0v) is 10.5. The lowest BCUT2D eigenvalue weighted by molar-refractivity contribution is -0.141. The first kappa shape index (κ1) is 15.3. The highest BCUT2D eigenvalue weighted by Gasteiger charge is 2.31. The molecule has 0 saturated carbocycles. The minimum atomic E-state index is -3.91. The molecule has 0 amide bonds. The second-order valence-electron chi connectivity index (χ2n) is 3.79. The minimum absolute atomic E-state index is 0.305. The summed E-state index contributed by atoms with van der Waals surface area (Å²) >= 11 is 0. The molecule has 16 heavy (non-hydrogen) atoms. The maximum atomic E-state index is 11.6. The Bertz CT molecular complexity index is 338. The second-order valence-corrected chi connectivity index (χ2v) is 5.55. The zero-order valence-electron chi connectivity index (χ0n) is 9.71. The Balaban J connectivity index is 4.88. The largest absolute Gasteiger partial charge is 0.480 e. The third kappa shape index (κ3) is 4.05. The van der Waals surface area contributed by atoms with E-state index in [1.165, 1.54) is 14.0 Å². The van der Waals surface area contributed by atoms with Crippen molar-refractivity contribution in [2.45, 2.75) is 39.0 Å². The van der Waals surface area contributed by atoms with E-state index in [4.69, 9.17) is 10.2 Å². The van der Waals surface area contributed by atoms with Gasteiger partial charge in [-0.1, -0.05) is 0 Å². The molecule has 8 heteroatoms. The van der Waals surface area contributed by atoms with Gasteiger partial charge in [-0.2, -0.15) is 17.4 Å². The van der Waals surface area contributed by atoms with E-state index in [9.17, 15) is 13.2 Å². The molecule has 0 aliphatic heterocycles. The van der Waals surface area contributed by atoms with E-state index in [1.54, 1.807) is 13.8 Å². The molecule has 0 aromatic heterocycles. The molecule has 0 saturated heterocycles. The first-order valence-corrected chi connectivity index (χ1v) is 6.19. The lowest BCUT2D eigenvalue weighted by atomic mass is 10.2. The Kier molecular flexibility index (Phi) is 5.33. The van der Waals surface area contributed by atoms with Crippen molar-refractivity contribution in [2.75, 3.05) is 7.05 Å². The van der Waals surface area contributed by atoms with Crippen LogP contribution in [0, 0.1) is 0 Å². The number of carbonyl (C=O) groups is 1. The summed E-state index contributed by atoms with van der Waals surface area (Å²) in [6.07, 6.45) is -1.31. The third-order valence-corrected chi connectivity index (χ3v) is 3.86. The number of aliphatic hydroxyl groups is 1. The molecule has 0 aliphatic rings. The van der Waals surface area contributed by atoms with Crippen LogP contribution in [0.25, 0.3) is 0 Å². The smallest absolute Gasteiger partial charge is 0.324 e. The molecule has 3 N–H and O–H groups in total. The Labute approximate surface area is 95.2 Å². The molecule has 7 nitrogen and oxygen atoms in total. The highest BCUT2D eigenvalue weighted by molar-refractivity contribution is 7.87. The van der Waals surface area contributed by atoms with Crippen molar-refractivity contribution in [3.8, 4) is 0 Å². The molecule has 0 aromatic rings. The van der Waals surface area contributed by atoms with E-state index in [1.807, 2.05) is 4.72 Å². The van der Waals surface area contributed by atoms with Gasteiger partial charge in [-0.25, -0.2) is 0 Å². The molecule has 2 unspecified atom stereocenters. The number of hydrogen-bond acceptors (Lipinski definition) is 4. The van der Waals surface area contributed by atoms with Crippen LogP contribution in [0.3, 0.4) is 0 Å². The van der Waals surface area contributed by atoms with Gasteiger partial charge < -0.3 is 10.2 Å². The van der Waals surface area contributed by atoms with Crippen molar-refractivity contribution in [1.82, 2.24) is 9.03 Å². The number of hydrogen-bond donors (Lipinski definition) is 3. The van der Waals surface area contributed by atoms with Gasteiger partial charge in [0.05, 0.1) is 6.10 Å². The number of carboxylic acids is 1. The van der Waals surface area contributed by atoms with E-state index in [2.05, 4.69) is 0 Å². The number of nitrogens with zero attached hydrogens (tertiary/aromatic N) is 1. The van der Waals surface area contributed by atoms with Gasteiger partial charge >= 0.3 is 5.97 Å². The predicted molar refractivity (Wildman–Crippen MR) is 58.1 cm³/mol. The number of rotatable bonds is 6. The van der Waals surface area contributed by atoms with Crippen molar-refractivity contribution in [3.63, 3.8) is 0 Å². The van der Waals surface area contributed by atoms with Crippen LogP contribution in [-0.4, -0.2) is 54.1 Å². The van der Waals surface area contributed by atoms with Crippen LogP contribution in [0.1, 0.15) is 20.8 Å². The van der Waals surface area contributed by atoms with Gasteiger partial charge in [-0.3, -0.25) is 4.79 Å². The molecule has 0 bridgehead atoms. The van der Waals surface area contributed by atoms with Gasteiger partial charge in [0, 0.05) is 13.1 Å². The van der Waals surface area contributed by atoms with Crippen LogP contribution >= 0.6 is 0 Å². The standard InChI is InChI=1S/C8H18N2O5S/c1-5(2)10(4)16(14,15)9-7(6(3)11)8(12)13/h5-7,9,11H,1-4H3,(H,12,13). The van der Waals surface area contributed by atoms with Crippen LogP contribution in [0.4, 0.5) is 0 Å². The monoisotopic (exact) mass is 254 g/mol. The fourth-order valence-electron chi connectivity index (χ4n) is 0.876.